The first kappa shape index (κ1) is 20.7. The summed E-state index contributed by atoms with van der Waals surface area (Å²) in [5.74, 6) is -0.383. The Balaban J connectivity index is 1.91. The number of aryl methyl sites for hydroxylation is 1. The third-order valence-electron chi connectivity index (χ3n) is 5.26. The van der Waals surface area contributed by atoms with Gasteiger partial charge in [-0.25, -0.2) is 0 Å². The van der Waals surface area contributed by atoms with E-state index in [1.807, 2.05) is 18.4 Å². The van der Waals surface area contributed by atoms with Crippen molar-refractivity contribution >= 4 is 28.8 Å². The van der Waals surface area contributed by atoms with Crippen LogP contribution in [0.2, 0.25) is 0 Å². The summed E-state index contributed by atoms with van der Waals surface area (Å²) in [6, 6.07) is 9.53. The molecule has 8 heteroatoms. The Hall–Kier alpha value is -3.52. The zero-order valence-electron chi connectivity index (χ0n) is 17.2. The van der Waals surface area contributed by atoms with E-state index in [-0.39, 0.29) is 23.4 Å². The number of thiophene rings is 1. The topological polar surface area (TPSA) is 89.2 Å². The van der Waals surface area contributed by atoms with Gasteiger partial charge in [-0.3, -0.25) is 9.59 Å². The van der Waals surface area contributed by atoms with Gasteiger partial charge in [0.05, 0.1) is 38.2 Å². The minimum absolute atomic E-state index is 0.00802. The average Bonchev–Trinajstić information content (AvgIpc) is 3.50. The number of Topliss-reactive ketones (excluding diaryl/α,β-unsaturated/α-hetero) is 1. The normalized spacial score (nSPS) is 17.9. The molecule has 1 atom stereocenters. The van der Waals surface area contributed by atoms with Gasteiger partial charge >= 0.3 is 0 Å². The number of carbonyl (C=O) groups excluding carboxylic acids is 2. The van der Waals surface area contributed by atoms with E-state index in [1.165, 1.54) is 36.7 Å². The summed E-state index contributed by atoms with van der Waals surface area (Å²) in [5.41, 5.74) is 1.20. The summed E-state index contributed by atoms with van der Waals surface area (Å²) >= 11 is 1.42. The maximum absolute atomic E-state index is 13.1. The third kappa shape index (κ3) is 3.59. The van der Waals surface area contributed by atoms with Crippen molar-refractivity contribution in [2.75, 3.05) is 14.2 Å². The molecule has 0 saturated carbocycles. The van der Waals surface area contributed by atoms with Gasteiger partial charge in [-0.15, -0.1) is 11.3 Å². The van der Waals surface area contributed by atoms with Crippen molar-refractivity contribution in [3.63, 3.8) is 0 Å². The van der Waals surface area contributed by atoms with Crippen LogP contribution < -0.4 is 9.47 Å². The first-order valence-corrected chi connectivity index (χ1v) is 10.4. The molecule has 1 fully saturated rings. The molecule has 0 aliphatic carbocycles. The van der Waals surface area contributed by atoms with E-state index in [0.717, 1.165) is 10.4 Å². The lowest BCUT2D eigenvalue weighted by atomic mass is 9.97. The molecular weight excluding hydrogens is 418 g/mol. The van der Waals surface area contributed by atoms with Crippen molar-refractivity contribution in [2.24, 2.45) is 0 Å². The first-order valence-electron chi connectivity index (χ1n) is 9.53. The lowest BCUT2D eigenvalue weighted by Gasteiger charge is -2.24. The molecule has 160 valence electrons. The highest BCUT2D eigenvalue weighted by Gasteiger charge is 2.47. The number of carbonyl (C=O) groups is 2. The molecule has 1 saturated heterocycles. The van der Waals surface area contributed by atoms with Gasteiger partial charge in [0.25, 0.3) is 11.7 Å². The Bertz CT molecular complexity index is 1160. The van der Waals surface area contributed by atoms with E-state index in [1.54, 1.807) is 30.3 Å². The molecular formula is C23H21NO6S. The number of furan rings is 1. The molecule has 0 bridgehead atoms. The van der Waals surface area contributed by atoms with Crippen LogP contribution >= 0.6 is 11.3 Å². The highest BCUT2D eigenvalue weighted by atomic mass is 32.1. The van der Waals surface area contributed by atoms with Gasteiger partial charge in [0.2, 0.25) is 0 Å². The Morgan fingerprint density at radius 3 is 2.61 bits per heavy atom. The number of aliphatic hydroxyl groups is 1. The summed E-state index contributed by atoms with van der Waals surface area (Å²) < 4.78 is 16.0. The second-order valence-corrected chi connectivity index (χ2v) is 7.99. The van der Waals surface area contributed by atoms with Crippen molar-refractivity contribution in [3.05, 3.63) is 75.4 Å². The number of benzene rings is 1. The highest BCUT2D eigenvalue weighted by molar-refractivity contribution is 7.10. The molecule has 1 aromatic carbocycles. The van der Waals surface area contributed by atoms with Crippen LogP contribution in [0.3, 0.4) is 0 Å². The van der Waals surface area contributed by atoms with Crippen molar-refractivity contribution < 1.29 is 28.6 Å². The Kier molecular flexibility index (Phi) is 5.56. The standard InChI is InChI=1S/C23H21NO6S/c1-13-8-10-31-22(13)19-18(20(25)16-11-14(28-2)6-7-17(16)29-3)21(26)23(27)24(19)12-15-5-4-9-30-15/h4-11,19,25H,12H2,1-3H3/b20-18+. The first-order chi connectivity index (χ1) is 15.0. The molecule has 2 aromatic heterocycles. The van der Waals surface area contributed by atoms with Crippen LogP contribution in [0.15, 0.2) is 58.0 Å². The lowest BCUT2D eigenvalue weighted by Crippen LogP contribution is -2.28. The van der Waals surface area contributed by atoms with Crippen LogP contribution in [0.25, 0.3) is 5.76 Å². The number of nitrogens with zero attached hydrogens (tertiary/aromatic N) is 1. The van der Waals surface area contributed by atoms with E-state index < -0.39 is 17.7 Å². The van der Waals surface area contributed by atoms with Gasteiger partial charge in [0, 0.05) is 4.88 Å². The van der Waals surface area contributed by atoms with Crippen LogP contribution in [0.1, 0.15) is 27.8 Å². The monoisotopic (exact) mass is 439 g/mol. The predicted molar refractivity (Wildman–Crippen MR) is 115 cm³/mol. The van der Waals surface area contributed by atoms with Gasteiger partial charge in [-0.1, -0.05) is 0 Å². The Labute approximate surface area is 183 Å². The fourth-order valence-corrected chi connectivity index (χ4v) is 4.74. The molecule has 1 unspecified atom stereocenters. The number of rotatable bonds is 6. The van der Waals surface area contributed by atoms with Gasteiger partial charge in [0.1, 0.15) is 29.1 Å². The van der Waals surface area contributed by atoms with Gasteiger partial charge in [0.15, 0.2) is 0 Å². The van der Waals surface area contributed by atoms with Crippen molar-refractivity contribution in [3.8, 4) is 11.5 Å². The summed E-state index contributed by atoms with van der Waals surface area (Å²) in [6.45, 7) is 2.01. The van der Waals surface area contributed by atoms with E-state index in [2.05, 4.69) is 0 Å². The van der Waals surface area contributed by atoms with Crippen molar-refractivity contribution in [1.82, 2.24) is 4.90 Å². The van der Waals surface area contributed by atoms with Crippen LogP contribution in [-0.2, 0) is 16.1 Å². The van der Waals surface area contributed by atoms with Gasteiger partial charge < -0.3 is 23.9 Å². The molecule has 3 aromatic rings. The molecule has 0 radical (unpaired) electrons. The molecule has 3 heterocycles. The smallest absolute Gasteiger partial charge is 0.296 e. The van der Waals surface area contributed by atoms with Crippen LogP contribution in [-0.4, -0.2) is 35.9 Å². The second-order valence-electron chi connectivity index (χ2n) is 7.04. The fraction of sp³-hybridized carbons (Fsp3) is 0.217. The number of hydrogen-bond donors (Lipinski definition) is 1. The highest BCUT2D eigenvalue weighted by Crippen LogP contribution is 2.44. The largest absolute Gasteiger partial charge is 0.507 e. The van der Waals surface area contributed by atoms with E-state index in [4.69, 9.17) is 13.9 Å². The average molecular weight is 439 g/mol. The maximum atomic E-state index is 13.1. The molecule has 0 spiro atoms. The number of ketones is 1. The minimum atomic E-state index is -0.758. The van der Waals surface area contributed by atoms with Crippen LogP contribution in [0.5, 0.6) is 11.5 Å². The van der Waals surface area contributed by atoms with Crippen LogP contribution in [0, 0.1) is 6.92 Å². The Morgan fingerprint density at radius 2 is 2.00 bits per heavy atom. The molecule has 7 nitrogen and oxygen atoms in total. The SMILES string of the molecule is COc1ccc(OC)c(/C(O)=C2\C(=O)C(=O)N(Cc3ccco3)C2c2sccc2C)c1. The number of ether oxygens (including phenoxy) is 2. The fourth-order valence-electron chi connectivity index (χ4n) is 3.69. The number of methoxy groups -OCH3 is 2. The maximum Gasteiger partial charge on any atom is 0.296 e. The zero-order valence-corrected chi connectivity index (χ0v) is 18.1. The summed E-state index contributed by atoms with van der Waals surface area (Å²) in [7, 11) is 2.97. The molecule has 4 rings (SSSR count). The minimum Gasteiger partial charge on any atom is -0.507 e. The molecule has 1 aliphatic rings. The second kappa shape index (κ2) is 8.31. The van der Waals surface area contributed by atoms with Crippen molar-refractivity contribution in [1.29, 1.82) is 0 Å². The van der Waals surface area contributed by atoms with Crippen LogP contribution in [0.4, 0.5) is 0 Å². The molecule has 1 amide bonds. The molecule has 1 N–H and O–H groups in total. The molecule has 31 heavy (non-hydrogen) atoms. The number of amides is 1. The summed E-state index contributed by atoms with van der Waals surface area (Å²) in [4.78, 5) is 28.4. The number of aliphatic hydroxyl groups excluding tert-OH is 1. The van der Waals surface area contributed by atoms with Gasteiger partial charge in [-0.05, 0) is 54.3 Å². The van der Waals surface area contributed by atoms with E-state index in [9.17, 15) is 14.7 Å². The summed E-state index contributed by atoms with van der Waals surface area (Å²) in [6.07, 6.45) is 1.51. The van der Waals surface area contributed by atoms with Gasteiger partial charge in [-0.2, -0.15) is 0 Å². The third-order valence-corrected chi connectivity index (χ3v) is 6.33. The van der Waals surface area contributed by atoms with E-state index >= 15 is 0 Å². The van der Waals surface area contributed by atoms with E-state index in [0.29, 0.717) is 17.3 Å². The Morgan fingerprint density at radius 1 is 1.19 bits per heavy atom. The number of hydrogen-bond acceptors (Lipinski definition) is 7. The lowest BCUT2D eigenvalue weighted by molar-refractivity contribution is -0.140. The quantitative estimate of drug-likeness (QED) is 0.350. The molecule has 1 aliphatic heterocycles. The number of likely N-dealkylation sites (tertiary alicyclic amines) is 1. The van der Waals surface area contributed by atoms with Crippen molar-refractivity contribution in [2.45, 2.75) is 19.5 Å². The zero-order chi connectivity index (χ0) is 22.1. The predicted octanol–water partition coefficient (Wildman–Crippen LogP) is 4.29. The summed E-state index contributed by atoms with van der Waals surface area (Å²) in [5, 5.41) is 13.2.